The third kappa shape index (κ3) is 3.20. The van der Waals surface area contributed by atoms with Crippen molar-refractivity contribution in [2.45, 2.75) is 19.9 Å². The fourth-order valence-corrected chi connectivity index (χ4v) is 2.23. The first-order valence-electron chi connectivity index (χ1n) is 6.96. The van der Waals surface area contributed by atoms with Gasteiger partial charge in [0.15, 0.2) is 5.58 Å². The van der Waals surface area contributed by atoms with E-state index in [-0.39, 0.29) is 24.4 Å². The largest absolute Gasteiger partial charge is 0.439 e. The van der Waals surface area contributed by atoms with Gasteiger partial charge in [0.05, 0.1) is 13.0 Å². The number of nitrogens with one attached hydrogen (secondary N) is 3. The summed E-state index contributed by atoms with van der Waals surface area (Å²) in [6.07, 6.45) is -0.141. The number of amides is 1. The highest BCUT2D eigenvalue weighted by atomic mass is 16.3. The molecule has 23 heavy (non-hydrogen) atoms. The number of fused-ring (bicyclic) bond motifs is 1. The van der Waals surface area contributed by atoms with Crippen LogP contribution < -0.4 is 16.6 Å². The summed E-state index contributed by atoms with van der Waals surface area (Å²) in [6, 6.07) is 7.28. The highest BCUT2D eigenvalue weighted by Crippen LogP contribution is 2.14. The highest BCUT2D eigenvalue weighted by molar-refractivity contribution is 5.78. The van der Waals surface area contributed by atoms with E-state index in [2.05, 4.69) is 20.3 Å². The number of nitrogens with zero attached hydrogens (tertiary/aromatic N) is 1. The maximum Gasteiger partial charge on any atom is 0.325 e. The van der Waals surface area contributed by atoms with Crippen LogP contribution in [0.1, 0.15) is 17.1 Å². The van der Waals surface area contributed by atoms with Gasteiger partial charge in [-0.3, -0.25) is 14.6 Å². The van der Waals surface area contributed by atoms with Gasteiger partial charge in [-0.1, -0.05) is 12.1 Å². The average molecular weight is 314 g/mol. The van der Waals surface area contributed by atoms with Crippen LogP contribution in [0.25, 0.3) is 11.1 Å². The van der Waals surface area contributed by atoms with Crippen molar-refractivity contribution in [3.05, 3.63) is 62.3 Å². The van der Waals surface area contributed by atoms with E-state index < -0.39 is 11.2 Å². The number of H-pyrrole nitrogens is 2. The van der Waals surface area contributed by atoms with E-state index in [0.29, 0.717) is 22.7 Å². The average Bonchev–Trinajstić information content (AvgIpc) is 2.91. The number of carbonyl (C=O) groups excluding carboxylic acids is 1. The lowest BCUT2D eigenvalue weighted by Gasteiger charge is -2.04. The van der Waals surface area contributed by atoms with Crippen LogP contribution in [-0.2, 0) is 17.8 Å². The van der Waals surface area contributed by atoms with E-state index in [9.17, 15) is 14.4 Å². The topological polar surface area (TPSA) is 121 Å². The van der Waals surface area contributed by atoms with Crippen molar-refractivity contribution in [3.8, 4) is 0 Å². The van der Waals surface area contributed by atoms with Crippen molar-refractivity contribution in [2.75, 3.05) is 0 Å². The Hall–Kier alpha value is -3.16. The third-order valence-electron chi connectivity index (χ3n) is 3.37. The Morgan fingerprint density at radius 3 is 2.78 bits per heavy atom. The normalized spacial score (nSPS) is 10.8. The summed E-state index contributed by atoms with van der Waals surface area (Å²) >= 11 is 0. The summed E-state index contributed by atoms with van der Waals surface area (Å²) in [6.45, 7) is 1.69. The Labute approximate surface area is 129 Å². The number of carbonyl (C=O) groups is 1. The van der Waals surface area contributed by atoms with Gasteiger partial charge in [0.1, 0.15) is 5.52 Å². The summed E-state index contributed by atoms with van der Waals surface area (Å²) in [7, 11) is 0. The molecule has 0 unspecified atom stereocenters. The van der Waals surface area contributed by atoms with Gasteiger partial charge in [-0.2, -0.15) is 0 Å². The lowest BCUT2D eigenvalue weighted by atomic mass is 10.1. The van der Waals surface area contributed by atoms with Crippen molar-refractivity contribution in [1.82, 2.24) is 20.3 Å². The number of hydrogen-bond donors (Lipinski definition) is 3. The summed E-state index contributed by atoms with van der Waals surface area (Å²) in [5.41, 5.74) is 0.788. The smallest absolute Gasteiger partial charge is 0.325 e. The molecule has 0 radical (unpaired) electrons. The summed E-state index contributed by atoms with van der Waals surface area (Å²) in [5, 5.41) is 2.64. The van der Waals surface area contributed by atoms with Crippen LogP contribution in [0.2, 0.25) is 0 Å². The van der Waals surface area contributed by atoms with Crippen LogP contribution in [-0.4, -0.2) is 20.9 Å². The highest BCUT2D eigenvalue weighted by Gasteiger charge is 2.12. The lowest BCUT2D eigenvalue weighted by molar-refractivity contribution is -0.120. The molecule has 0 bridgehead atoms. The predicted molar refractivity (Wildman–Crippen MR) is 82.0 cm³/mol. The molecule has 2 heterocycles. The van der Waals surface area contributed by atoms with Crippen molar-refractivity contribution in [1.29, 1.82) is 0 Å². The maximum absolute atomic E-state index is 12.0. The molecule has 2 aromatic heterocycles. The van der Waals surface area contributed by atoms with Gasteiger partial charge in [0.25, 0.3) is 5.56 Å². The molecule has 1 amide bonds. The van der Waals surface area contributed by atoms with Crippen molar-refractivity contribution in [3.63, 3.8) is 0 Å². The SMILES string of the molecule is Cc1[nH]c(=O)[nH]c(=O)c1CC(=O)NCc1nc2ccccc2o1. The molecular weight excluding hydrogens is 300 g/mol. The second-order valence-electron chi connectivity index (χ2n) is 5.04. The summed E-state index contributed by atoms with van der Waals surface area (Å²) in [5.74, 6) is 0.0135. The van der Waals surface area contributed by atoms with Crippen LogP contribution in [0.15, 0.2) is 38.3 Å². The van der Waals surface area contributed by atoms with E-state index in [1.54, 1.807) is 13.0 Å². The Balaban J connectivity index is 1.68. The fraction of sp³-hybridized carbons (Fsp3) is 0.200. The quantitative estimate of drug-likeness (QED) is 0.642. The van der Waals surface area contributed by atoms with Crippen molar-refractivity contribution >= 4 is 17.0 Å². The van der Waals surface area contributed by atoms with Crippen LogP contribution in [0, 0.1) is 6.92 Å². The van der Waals surface area contributed by atoms with E-state index in [0.717, 1.165) is 0 Å². The molecule has 0 aliphatic rings. The third-order valence-corrected chi connectivity index (χ3v) is 3.37. The zero-order chi connectivity index (χ0) is 16.4. The number of benzene rings is 1. The van der Waals surface area contributed by atoms with Gasteiger partial charge in [-0.05, 0) is 19.1 Å². The van der Waals surface area contributed by atoms with Crippen LogP contribution in [0.3, 0.4) is 0 Å². The first-order valence-corrected chi connectivity index (χ1v) is 6.96. The molecule has 8 nitrogen and oxygen atoms in total. The number of oxazole rings is 1. The molecule has 0 aliphatic heterocycles. The van der Waals surface area contributed by atoms with Gasteiger partial charge in [0, 0.05) is 11.3 Å². The van der Waals surface area contributed by atoms with E-state index in [1.807, 2.05) is 18.2 Å². The van der Waals surface area contributed by atoms with E-state index in [1.165, 1.54) is 0 Å². The molecule has 3 rings (SSSR count). The van der Waals surface area contributed by atoms with Gasteiger partial charge in [-0.25, -0.2) is 9.78 Å². The van der Waals surface area contributed by atoms with Gasteiger partial charge in [0.2, 0.25) is 11.8 Å². The number of hydrogen-bond acceptors (Lipinski definition) is 5. The van der Waals surface area contributed by atoms with E-state index >= 15 is 0 Å². The molecule has 0 aliphatic carbocycles. The molecule has 0 saturated carbocycles. The number of aromatic nitrogens is 3. The van der Waals surface area contributed by atoms with Crippen LogP contribution >= 0.6 is 0 Å². The summed E-state index contributed by atoms with van der Waals surface area (Å²) < 4.78 is 5.49. The second-order valence-corrected chi connectivity index (χ2v) is 5.04. The molecule has 1 aromatic carbocycles. The molecule has 3 aromatic rings. The van der Waals surface area contributed by atoms with Gasteiger partial charge >= 0.3 is 5.69 Å². The predicted octanol–water partition coefficient (Wildman–Crippen LogP) is 0.372. The van der Waals surface area contributed by atoms with Gasteiger partial charge < -0.3 is 14.7 Å². The monoisotopic (exact) mass is 314 g/mol. The zero-order valence-corrected chi connectivity index (χ0v) is 12.3. The number of aryl methyl sites for hydroxylation is 1. The summed E-state index contributed by atoms with van der Waals surface area (Å²) in [4.78, 5) is 43.6. The second kappa shape index (κ2) is 5.91. The van der Waals surface area contributed by atoms with Gasteiger partial charge in [-0.15, -0.1) is 0 Å². The van der Waals surface area contributed by atoms with Crippen molar-refractivity contribution in [2.24, 2.45) is 0 Å². The maximum atomic E-state index is 12.0. The molecule has 8 heteroatoms. The molecule has 0 saturated heterocycles. The molecule has 118 valence electrons. The van der Waals surface area contributed by atoms with E-state index in [4.69, 9.17) is 4.42 Å². The lowest BCUT2D eigenvalue weighted by Crippen LogP contribution is -2.32. The Morgan fingerprint density at radius 2 is 2.04 bits per heavy atom. The number of rotatable bonds is 4. The molecule has 0 fully saturated rings. The zero-order valence-electron chi connectivity index (χ0n) is 12.3. The first kappa shape index (κ1) is 14.8. The Bertz CT molecular complexity index is 950. The fourth-order valence-electron chi connectivity index (χ4n) is 2.23. The molecular formula is C15H14N4O4. The molecule has 0 spiro atoms. The first-order chi connectivity index (χ1) is 11.0. The van der Waals surface area contributed by atoms with Crippen LogP contribution in [0.4, 0.5) is 0 Å². The number of aromatic amines is 2. The Kier molecular flexibility index (Phi) is 3.80. The van der Waals surface area contributed by atoms with Crippen molar-refractivity contribution < 1.29 is 9.21 Å². The minimum absolute atomic E-state index is 0.119. The minimum Gasteiger partial charge on any atom is -0.439 e. The molecule has 0 atom stereocenters. The van der Waals surface area contributed by atoms with Crippen LogP contribution in [0.5, 0.6) is 0 Å². The standard InChI is InChI=1S/C15H14N4O4/c1-8-9(14(21)19-15(22)17-8)6-12(20)16-7-13-18-10-4-2-3-5-11(10)23-13/h2-5H,6-7H2,1H3,(H,16,20)(H2,17,19,21,22). The molecule has 3 N–H and O–H groups in total. The Morgan fingerprint density at radius 1 is 1.26 bits per heavy atom. The minimum atomic E-state index is -0.594. The number of para-hydroxylation sites is 2.